The van der Waals surface area contributed by atoms with Gasteiger partial charge in [-0.1, -0.05) is 19.9 Å². The van der Waals surface area contributed by atoms with Crippen molar-refractivity contribution < 1.29 is 4.79 Å². The Labute approximate surface area is 169 Å². The molecule has 0 aliphatic carbocycles. The van der Waals surface area contributed by atoms with Crippen LogP contribution in [0.25, 0.3) is 5.65 Å². The molecule has 4 rings (SSSR count). The molecular weight excluding hydrogens is 370 g/mol. The molecule has 3 aromatic heterocycles. The minimum Gasteiger partial charge on any atom is -0.337 e. The summed E-state index contributed by atoms with van der Waals surface area (Å²) >= 11 is 1.63. The summed E-state index contributed by atoms with van der Waals surface area (Å²) in [4.78, 5) is 19.5. The Morgan fingerprint density at radius 2 is 2.11 bits per heavy atom. The maximum absolute atomic E-state index is 12.9. The fraction of sp³-hybridized carbons (Fsp3) is 0.476. The normalized spacial score (nSPS) is 16.2. The van der Waals surface area contributed by atoms with Crippen LogP contribution >= 0.6 is 11.8 Å². The van der Waals surface area contributed by atoms with Crippen molar-refractivity contribution in [1.29, 1.82) is 0 Å². The Kier molecular flexibility index (Phi) is 4.95. The molecule has 0 bridgehead atoms. The monoisotopic (exact) mass is 397 g/mol. The number of hydrogen-bond donors (Lipinski definition) is 0. The van der Waals surface area contributed by atoms with E-state index in [1.807, 2.05) is 33.3 Å². The van der Waals surface area contributed by atoms with Gasteiger partial charge >= 0.3 is 0 Å². The summed E-state index contributed by atoms with van der Waals surface area (Å²) in [7, 11) is 1.98. The van der Waals surface area contributed by atoms with E-state index in [0.29, 0.717) is 12.3 Å². The molecule has 0 spiro atoms. The molecule has 3 aromatic rings. The van der Waals surface area contributed by atoms with Crippen molar-refractivity contribution in [3.8, 4) is 0 Å². The third kappa shape index (κ3) is 3.94. The summed E-state index contributed by atoms with van der Waals surface area (Å²) in [6, 6.07) is 4.09. The number of fused-ring (bicyclic) bond motifs is 2. The van der Waals surface area contributed by atoms with Crippen LogP contribution in [-0.4, -0.2) is 42.3 Å². The fourth-order valence-electron chi connectivity index (χ4n) is 3.89. The van der Waals surface area contributed by atoms with Gasteiger partial charge in [0.2, 0.25) is 5.91 Å². The third-order valence-corrected chi connectivity index (χ3v) is 6.20. The average Bonchev–Trinajstić information content (AvgIpc) is 3.13. The highest BCUT2D eigenvalue weighted by molar-refractivity contribution is 7.99. The van der Waals surface area contributed by atoms with E-state index in [0.717, 1.165) is 30.1 Å². The van der Waals surface area contributed by atoms with Gasteiger partial charge in [0.05, 0.1) is 17.6 Å². The van der Waals surface area contributed by atoms with Gasteiger partial charge in [-0.05, 0) is 30.4 Å². The van der Waals surface area contributed by atoms with Crippen LogP contribution in [0.2, 0.25) is 0 Å². The molecule has 1 aliphatic rings. The minimum absolute atomic E-state index is 0.0405. The summed E-state index contributed by atoms with van der Waals surface area (Å²) in [5, 5.41) is 4.39. The molecule has 0 fully saturated rings. The SMILES string of the molecule is Cc1ccc2nc(CSCC(=O)N3Cc4cnn(C)c4CC(C)(C)C3)cn2c1. The molecule has 0 aromatic carbocycles. The molecular formula is C21H27N5OS. The highest BCUT2D eigenvalue weighted by Gasteiger charge is 2.31. The molecule has 0 atom stereocenters. The van der Waals surface area contributed by atoms with Gasteiger partial charge in [0, 0.05) is 49.5 Å². The van der Waals surface area contributed by atoms with E-state index in [9.17, 15) is 4.79 Å². The first-order valence-corrected chi connectivity index (χ1v) is 10.8. The van der Waals surface area contributed by atoms with Gasteiger partial charge in [-0.2, -0.15) is 5.10 Å². The topological polar surface area (TPSA) is 55.4 Å². The third-order valence-electron chi connectivity index (χ3n) is 5.25. The number of carbonyl (C=O) groups is 1. The number of rotatable bonds is 4. The summed E-state index contributed by atoms with van der Waals surface area (Å²) in [5.41, 5.74) is 5.62. The minimum atomic E-state index is 0.0405. The lowest BCUT2D eigenvalue weighted by atomic mass is 9.87. The van der Waals surface area contributed by atoms with Crippen molar-refractivity contribution in [2.24, 2.45) is 12.5 Å². The van der Waals surface area contributed by atoms with Crippen LogP contribution in [0.1, 0.15) is 36.4 Å². The second-order valence-corrected chi connectivity index (χ2v) is 9.51. The van der Waals surface area contributed by atoms with Crippen LogP contribution in [0.3, 0.4) is 0 Å². The molecule has 0 saturated heterocycles. The second-order valence-electron chi connectivity index (χ2n) is 8.53. The van der Waals surface area contributed by atoms with Crippen molar-refractivity contribution in [1.82, 2.24) is 24.1 Å². The molecule has 0 saturated carbocycles. The largest absolute Gasteiger partial charge is 0.337 e. The zero-order valence-electron chi connectivity index (χ0n) is 17.0. The average molecular weight is 398 g/mol. The van der Waals surface area contributed by atoms with E-state index >= 15 is 0 Å². The number of pyridine rings is 1. The van der Waals surface area contributed by atoms with Gasteiger partial charge < -0.3 is 9.30 Å². The lowest BCUT2D eigenvalue weighted by Gasteiger charge is -2.29. The molecule has 1 aliphatic heterocycles. The first-order valence-electron chi connectivity index (χ1n) is 9.60. The molecule has 4 heterocycles. The number of aromatic nitrogens is 4. The number of hydrogen-bond acceptors (Lipinski definition) is 4. The molecule has 148 valence electrons. The van der Waals surface area contributed by atoms with Gasteiger partial charge in [0.25, 0.3) is 0 Å². The summed E-state index contributed by atoms with van der Waals surface area (Å²) in [6.45, 7) is 7.94. The predicted molar refractivity (Wildman–Crippen MR) is 112 cm³/mol. The van der Waals surface area contributed by atoms with E-state index < -0.39 is 0 Å². The van der Waals surface area contributed by atoms with Crippen LogP contribution < -0.4 is 0 Å². The summed E-state index contributed by atoms with van der Waals surface area (Å²) in [5.74, 6) is 1.40. The number of aryl methyl sites for hydroxylation is 2. The molecule has 6 nitrogen and oxygen atoms in total. The van der Waals surface area contributed by atoms with Crippen LogP contribution in [0.15, 0.2) is 30.7 Å². The van der Waals surface area contributed by atoms with Gasteiger partial charge in [-0.3, -0.25) is 9.48 Å². The molecule has 0 N–H and O–H groups in total. The Hall–Kier alpha value is -2.28. The molecule has 0 unspecified atom stereocenters. The highest BCUT2D eigenvalue weighted by atomic mass is 32.2. The van der Waals surface area contributed by atoms with Crippen molar-refractivity contribution in [2.75, 3.05) is 12.3 Å². The number of nitrogens with zero attached hydrogens (tertiary/aromatic N) is 5. The Balaban J connectivity index is 1.40. The second kappa shape index (κ2) is 7.28. The first-order chi connectivity index (χ1) is 13.3. The Bertz CT molecular complexity index is 1020. The van der Waals surface area contributed by atoms with Gasteiger partial charge in [0.15, 0.2) is 0 Å². The number of carbonyl (C=O) groups excluding carboxylic acids is 1. The van der Waals surface area contributed by atoms with Crippen molar-refractivity contribution in [3.63, 3.8) is 0 Å². The zero-order chi connectivity index (χ0) is 19.9. The van der Waals surface area contributed by atoms with E-state index in [2.05, 4.69) is 49.3 Å². The van der Waals surface area contributed by atoms with E-state index in [-0.39, 0.29) is 11.3 Å². The first kappa shape index (κ1) is 19.1. The lowest BCUT2D eigenvalue weighted by molar-refractivity contribution is -0.130. The summed E-state index contributed by atoms with van der Waals surface area (Å²) in [6.07, 6.45) is 6.97. The quantitative estimate of drug-likeness (QED) is 0.678. The number of amides is 1. The fourth-order valence-corrected chi connectivity index (χ4v) is 4.70. The molecule has 1 amide bonds. The number of thioether (sulfide) groups is 1. The van der Waals surface area contributed by atoms with Gasteiger partial charge in [-0.25, -0.2) is 4.98 Å². The van der Waals surface area contributed by atoms with Crippen LogP contribution in [0.5, 0.6) is 0 Å². The number of imidazole rings is 1. The molecule has 7 heteroatoms. The van der Waals surface area contributed by atoms with Crippen LogP contribution in [0.4, 0.5) is 0 Å². The zero-order valence-corrected chi connectivity index (χ0v) is 17.8. The standard InChI is InChI=1S/C21H27N5OS/c1-15-5-6-19-23-17(11-25(19)9-15)12-28-13-20(27)26-10-16-8-22-24(4)18(16)7-21(2,3)14-26/h5-6,8-9,11H,7,10,12-14H2,1-4H3. The molecule has 28 heavy (non-hydrogen) atoms. The lowest BCUT2D eigenvalue weighted by Crippen LogP contribution is -2.38. The van der Waals surface area contributed by atoms with Crippen molar-refractivity contribution in [3.05, 3.63) is 53.2 Å². The van der Waals surface area contributed by atoms with Crippen molar-refractivity contribution in [2.45, 2.75) is 39.5 Å². The maximum atomic E-state index is 12.9. The summed E-state index contributed by atoms with van der Waals surface area (Å²) < 4.78 is 4.00. The Morgan fingerprint density at radius 3 is 2.93 bits per heavy atom. The van der Waals surface area contributed by atoms with Crippen molar-refractivity contribution >= 4 is 23.3 Å². The predicted octanol–water partition coefficient (Wildman–Crippen LogP) is 3.22. The Morgan fingerprint density at radius 1 is 1.29 bits per heavy atom. The van der Waals surface area contributed by atoms with E-state index in [4.69, 9.17) is 0 Å². The molecule has 0 radical (unpaired) electrons. The van der Waals surface area contributed by atoms with E-state index in [1.54, 1.807) is 11.8 Å². The van der Waals surface area contributed by atoms with Gasteiger partial charge in [0.1, 0.15) is 5.65 Å². The van der Waals surface area contributed by atoms with E-state index in [1.165, 1.54) is 16.8 Å². The highest BCUT2D eigenvalue weighted by Crippen LogP contribution is 2.30. The van der Waals surface area contributed by atoms with Crippen LogP contribution in [0, 0.1) is 12.3 Å². The van der Waals surface area contributed by atoms with Crippen LogP contribution in [-0.2, 0) is 30.6 Å². The maximum Gasteiger partial charge on any atom is 0.232 e. The smallest absolute Gasteiger partial charge is 0.232 e. The van der Waals surface area contributed by atoms with Gasteiger partial charge in [-0.15, -0.1) is 11.8 Å².